The van der Waals surface area contributed by atoms with E-state index >= 15 is 0 Å². The molecule has 0 spiro atoms. The van der Waals surface area contributed by atoms with Crippen molar-refractivity contribution in [2.24, 2.45) is 4.99 Å². The molecule has 0 unspecified atom stereocenters. The molecule has 0 saturated heterocycles. The molecule has 0 aliphatic carbocycles. The lowest BCUT2D eigenvalue weighted by Gasteiger charge is -1.93. The predicted molar refractivity (Wildman–Crippen MR) is 79.7 cm³/mol. The number of thiophene rings is 1. The lowest BCUT2D eigenvalue weighted by molar-refractivity contribution is 0.483. The first kappa shape index (κ1) is 11.9. The largest absolute Gasteiger partial charge is 0.506 e. The summed E-state index contributed by atoms with van der Waals surface area (Å²) in [6, 6.07) is 11.6. The van der Waals surface area contributed by atoms with Gasteiger partial charge in [-0.15, -0.1) is 11.3 Å². The van der Waals surface area contributed by atoms with Crippen molar-refractivity contribution in [3.63, 3.8) is 0 Å². The molecule has 19 heavy (non-hydrogen) atoms. The van der Waals surface area contributed by atoms with Crippen molar-refractivity contribution in [3.05, 3.63) is 53.0 Å². The van der Waals surface area contributed by atoms with E-state index in [1.54, 1.807) is 12.4 Å². The van der Waals surface area contributed by atoms with Gasteiger partial charge in [-0.3, -0.25) is 0 Å². The van der Waals surface area contributed by atoms with E-state index in [2.05, 4.69) is 9.98 Å². The van der Waals surface area contributed by atoms with Crippen molar-refractivity contribution in [2.75, 3.05) is 0 Å². The van der Waals surface area contributed by atoms with Crippen molar-refractivity contribution in [3.8, 4) is 5.75 Å². The Labute approximate surface area is 114 Å². The van der Waals surface area contributed by atoms with E-state index in [0.717, 1.165) is 20.5 Å². The molecule has 0 fully saturated rings. The van der Waals surface area contributed by atoms with Crippen LogP contribution in [0.3, 0.4) is 0 Å². The molecule has 0 amide bonds. The van der Waals surface area contributed by atoms with Crippen LogP contribution in [0.1, 0.15) is 10.4 Å². The minimum atomic E-state index is 0.288. The van der Waals surface area contributed by atoms with Crippen molar-refractivity contribution in [1.29, 1.82) is 0 Å². The SMILES string of the molecule is Cc1ccc(N=Cc2sc3ccccc3c2O)nc1. The topological polar surface area (TPSA) is 45.5 Å². The van der Waals surface area contributed by atoms with Gasteiger partial charge in [0.15, 0.2) is 5.82 Å². The summed E-state index contributed by atoms with van der Waals surface area (Å²) in [5.41, 5.74) is 1.10. The van der Waals surface area contributed by atoms with Gasteiger partial charge in [-0.1, -0.05) is 18.2 Å². The fraction of sp³-hybridized carbons (Fsp3) is 0.0667. The third-order valence-corrected chi connectivity index (χ3v) is 3.90. The van der Waals surface area contributed by atoms with E-state index < -0.39 is 0 Å². The number of hydrogen-bond donors (Lipinski definition) is 1. The predicted octanol–water partition coefficient (Wildman–Crippen LogP) is 4.06. The molecule has 3 aromatic rings. The smallest absolute Gasteiger partial charge is 0.151 e. The Kier molecular flexibility index (Phi) is 3.01. The summed E-state index contributed by atoms with van der Waals surface area (Å²) < 4.78 is 1.05. The average Bonchev–Trinajstić information content (AvgIpc) is 2.76. The Morgan fingerprint density at radius 3 is 2.79 bits per heavy atom. The molecule has 0 radical (unpaired) electrons. The van der Waals surface area contributed by atoms with Crippen LogP contribution in [0.4, 0.5) is 5.82 Å². The molecule has 0 aliphatic heterocycles. The van der Waals surface area contributed by atoms with E-state index in [1.165, 1.54) is 11.3 Å². The number of hydrogen-bond acceptors (Lipinski definition) is 4. The van der Waals surface area contributed by atoms with Crippen LogP contribution in [0.5, 0.6) is 5.75 Å². The number of nitrogens with zero attached hydrogens (tertiary/aromatic N) is 2. The Bertz CT molecular complexity index is 744. The highest BCUT2D eigenvalue weighted by molar-refractivity contribution is 7.21. The maximum Gasteiger partial charge on any atom is 0.151 e. The van der Waals surface area contributed by atoms with Crippen molar-refractivity contribution >= 4 is 33.5 Å². The van der Waals surface area contributed by atoms with Crippen molar-refractivity contribution < 1.29 is 5.11 Å². The molecule has 2 heterocycles. The number of aryl methyl sites for hydroxylation is 1. The van der Waals surface area contributed by atoms with E-state index in [4.69, 9.17) is 0 Å². The van der Waals surface area contributed by atoms with Crippen LogP contribution in [0.25, 0.3) is 10.1 Å². The molecule has 0 atom stereocenters. The molecule has 4 heteroatoms. The Hall–Kier alpha value is -2.20. The summed E-state index contributed by atoms with van der Waals surface area (Å²) in [5, 5.41) is 11.0. The first-order valence-electron chi connectivity index (χ1n) is 5.91. The standard InChI is InChI=1S/C15H12N2OS/c1-10-6-7-14(16-8-10)17-9-13-15(18)11-4-2-3-5-12(11)19-13/h2-9,18H,1H3. The van der Waals surface area contributed by atoms with Crippen molar-refractivity contribution in [2.45, 2.75) is 6.92 Å². The molecule has 0 saturated carbocycles. The lowest BCUT2D eigenvalue weighted by atomic mass is 10.2. The van der Waals surface area contributed by atoms with Crippen LogP contribution in [0, 0.1) is 6.92 Å². The fourth-order valence-corrected chi connectivity index (χ4v) is 2.77. The number of rotatable bonds is 2. The van der Waals surface area contributed by atoms with Gasteiger partial charge in [-0.25, -0.2) is 9.98 Å². The number of benzene rings is 1. The summed E-state index contributed by atoms with van der Waals surface area (Å²) in [5.74, 6) is 0.930. The second kappa shape index (κ2) is 4.82. The van der Waals surface area contributed by atoms with Gasteiger partial charge in [0.25, 0.3) is 0 Å². The van der Waals surface area contributed by atoms with Gasteiger partial charge < -0.3 is 5.11 Å². The Morgan fingerprint density at radius 1 is 1.21 bits per heavy atom. The summed E-state index contributed by atoms with van der Waals surface area (Å²) in [7, 11) is 0. The fourth-order valence-electron chi connectivity index (χ4n) is 1.80. The molecule has 0 aliphatic rings. The van der Waals surface area contributed by atoms with Gasteiger partial charge in [0.1, 0.15) is 5.75 Å². The number of pyridine rings is 1. The highest BCUT2D eigenvalue weighted by Gasteiger charge is 2.08. The van der Waals surface area contributed by atoms with E-state index in [1.807, 2.05) is 43.3 Å². The summed E-state index contributed by atoms with van der Waals surface area (Å²) >= 11 is 1.52. The van der Waals surface area contributed by atoms with Gasteiger partial charge in [-0.05, 0) is 30.7 Å². The van der Waals surface area contributed by atoms with Gasteiger partial charge in [-0.2, -0.15) is 0 Å². The highest BCUT2D eigenvalue weighted by atomic mass is 32.1. The molecular weight excluding hydrogens is 256 g/mol. The highest BCUT2D eigenvalue weighted by Crippen LogP contribution is 2.35. The zero-order chi connectivity index (χ0) is 13.2. The zero-order valence-corrected chi connectivity index (χ0v) is 11.2. The molecule has 1 N–H and O–H groups in total. The molecule has 2 aromatic heterocycles. The van der Waals surface area contributed by atoms with Crippen LogP contribution in [0.2, 0.25) is 0 Å². The third kappa shape index (κ3) is 2.35. The number of aliphatic imine (C=N–C) groups is 1. The van der Waals surface area contributed by atoms with Gasteiger partial charge >= 0.3 is 0 Å². The monoisotopic (exact) mass is 268 g/mol. The molecular formula is C15H12N2OS. The Morgan fingerprint density at radius 2 is 2.05 bits per heavy atom. The van der Waals surface area contributed by atoms with Gasteiger partial charge in [0.05, 0.1) is 11.1 Å². The van der Waals surface area contributed by atoms with Gasteiger partial charge in [0.2, 0.25) is 0 Å². The second-order valence-electron chi connectivity index (χ2n) is 4.26. The lowest BCUT2D eigenvalue weighted by Crippen LogP contribution is -1.78. The first-order chi connectivity index (χ1) is 9.24. The number of aromatic nitrogens is 1. The summed E-state index contributed by atoms with van der Waals surface area (Å²) in [6.07, 6.45) is 3.44. The van der Waals surface area contributed by atoms with Crippen LogP contribution >= 0.6 is 11.3 Å². The molecule has 0 bridgehead atoms. The first-order valence-corrected chi connectivity index (χ1v) is 6.73. The maximum absolute atomic E-state index is 10.1. The summed E-state index contributed by atoms with van der Waals surface area (Å²) in [6.45, 7) is 1.98. The minimum absolute atomic E-state index is 0.288. The van der Waals surface area contributed by atoms with Crippen LogP contribution in [-0.4, -0.2) is 16.3 Å². The van der Waals surface area contributed by atoms with E-state index in [9.17, 15) is 5.11 Å². The van der Waals surface area contributed by atoms with Crippen LogP contribution in [-0.2, 0) is 0 Å². The average molecular weight is 268 g/mol. The molecule has 3 nitrogen and oxygen atoms in total. The molecule has 3 rings (SSSR count). The van der Waals surface area contributed by atoms with Crippen molar-refractivity contribution in [1.82, 2.24) is 4.98 Å². The minimum Gasteiger partial charge on any atom is -0.506 e. The van der Waals surface area contributed by atoms with E-state index in [-0.39, 0.29) is 5.75 Å². The Balaban J connectivity index is 1.97. The third-order valence-electron chi connectivity index (χ3n) is 2.81. The molecule has 94 valence electrons. The number of fused-ring (bicyclic) bond motifs is 1. The van der Waals surface area contributed by atoms with Crippen LogP contribution in [0.15, 0.2) is 47.6 Å². The van der Waals surface area contributed by atoms with Crippen LogP contribution < -0.4 is 0 Å². The quantitative estimate of drug-likeness (QED) is 0.712. The zero-order valence-electron chi connectivity index (χ0n) is 10.4. The van der Waals surface area contributed by atoms with Gasteiger partial charge in [0, 0.05) is 16.3 Å². The number of aromatic hydroxyl groups is 1. The second-order valence-corrected chi connectivity index (χ2v) is 5.35. The normalized spacial score (nSPS) is 11.4. The maximum atomic E-state index is 10.1. The summed E-state index contributed by atoms with van der Waals surface area (Å²) in [4.78, 5) is 9.24. The van der Waals surface area contributed by atoms with E-state index in [0.29, 0.717) is 5.82 Å². The molecule has 1 aromatic carbocycles.